The lowest BCUT2D eigenvalue weighted by Gasteiger charge is -1.98. The number of hydrogen-bond acceptors (Lipinski definition) is 3. The molecule has 0 bridgehead atoms. The van der Waals surface area contributed by atoms with Crippen LogP contribution < -0.4 is 0 Å². The average molecular weight is 230 g/mol. The molecule has 2 heterocycles. The van der Waals surface area contributed by atoms with Crippen LogP contribution >= 0.6 is 0 Å². The zero-order valence-corrected chi connectivity index (χ0v) is 8.59. The van der Waals surface area contributed by atoms with Crippen LogP contribution in [0.5, 0.6) is 0 Å². The maximum absolute atomic E-state index is 13.4. The monoisotopic (exact) mass is 230 g/mol. The Balaban J connectivity index is 2.19. The molecule has 2 aromatic heterocycles. The van der Waals surface area contributed by atoms with E-state index in [9.17, 15) is 9.18 Å². The summed E-state index contributed by atoms with van der Waals surface area (Å²) in [6, 6.07) is 4.48. The van der Waals surface area contributed by atoms with E-state index in [2.05, 4.69) is 15.2 Å². The molecule has 0 aliphatic rings. The minimum atomic E-state index is -0.455. The third-order valence-corrected chi connectivity index (χ3v) is 2.49. The number of hydrogen-bond donors (Lipinski definition) is 1. The van der Waals surface area contributed by atoms with E-state index in [1.165, 1.54) is 35.4 Å². The van der Waals surface area contributed by atoms with Crippen molar-refractivity contribution in [1.82, 2.24) is 19.7 Å². The van der Waals surface area contributed by atoms with Gasteiger partial charge in [-0.15, -0.1) is 0 Å². The number of halogens is 1. The molecular weight excluding hydrogens is 223 g/mol. The number of imidazole rings is 1. The molecule has 0 aliphatic heterocycles. The first kappa shape index (κ1) is 9.71. The van der Waals surface area contributed by atoms with Crippen molar-refractivity contribution in [3.05, 3.63) is 48.4 Å². The summed E-state index contributed by atoms with van der Waals surface area (Å²) in [6.07, 6.45) is 4.40. The summed E-state index contributed by atoms with van der Waals surface area (Å²) in [7, 11) is 0. The molecule has 3 aromatic rings. The summed E-state index contributed by atoms with van der Waals surface area (Å²) in [4.78, 5) is 15.8. The van der Waals surface area contributed by atoms with Crippen molar-refractivity contribution in [2.45, 2.75) is 0 Å². The van der Waals surface area contributed by atoms with E-state index in [4.69, 9.17) is 0 Å². The molecule has 0 unspecified atom stereocenters. The first-order chi connectivity index (χ1) is 8.27. The summed E-state index contributed by atoms with van der Waals surface area (Å²) in [6.45, 7) is 0. The van der Waals surface area contributed by atoms with Crippen molar-refractivity contribution in [3.8, 4) is 0 Å². The highest BCUT2D eigenvalue weighted by molar-refractivity contribution is 6.05. The molecule has 17 heavy (non-hydrogen) atoms. The van der Waals surface area contributed by atoms with Crippen LogP contribution in [0.25, 0.3) is 10.9 Å². The van der Waals surface area contributed by atoms with Crippen LogP contribution in [-0.2, 0) is 0 Å². The molecule has 0 atom stereocenters. The minimum absolute atomic E-state index is 0.163. The molecule has 3 rings (SSSR count). The zero-order chi connectivity index (χ0) is 11.8. The van der Waals surface area contributed by atoms with Gasteiger partial charge in [-0.2, -0.15) is 5.10 Å². The lowest BCUT2D eigenvalue weighted by atomic mass is 10.2. The third kappa shape index (κ3) is 1.42. The van der Waals surface area contributed by atoms with Crippen LogP contribution in [0.2, 0.25) is 0 Å². The lowest BCUT2D eigenvalue weighted by molar-refractivity contribution is 0.0956. The molecular formula is C11H7FN4O. The Morgan fingerprint density at radius 1 is 1.41 bits per heavy atom. The number of fused-ring (bicyclic) bond motifs is 1. The van der Waals surface area contributed by atoms with E-state index in [0.29, 0.717) is 5.39 Å². The Morgan fingerprint density at radius 3 is 3.06 bits per heavy atom. The Labute approximate surface area is 94.9 Å². The molecule has 0 saturated carbocycles. The van der Waals surface area contributed by atoms with Crippen molar-refractivity contribution in [3.63, 3.8) is 0 Å². The Hall–Kier alpha value is -2.50. The molecule has 1 aromatic carbocycles. The highest BCUT2D eigenvalue weighted by atomic mass is 19.1. The number of carbonyl (C=O) groups excluding carboxylic acids is 1. The van der Waals surface area contributed by atoms with Gasteiger partial charge in [0.05, 0.1) is 0 Å². The van der Waals surface area contributed by atoms with Crippen LogP contribution in [0.1, 0.15) is 10.5 Å². The highest BCUT2D eigenvalue weighted by Crippen LogP contribution is 2.19. The molecule has 1 N–H and O–H groups in total. The number of benzene rings is 1. The molecule has 0 saturated heterocycles. The standard InChI is InChI=1S/C11H7FN4O/c12-8-3-1-2-7-9(8)14-15-10(7)11(17)16-5-4-13-6-16/h1-6H,(H,14,15). The average Bonchev–Trinajstić information content (AvgIpc) is 2.98. The number of aromatic nitrogens is 4. The Morgan fingerprint density at radius 2 is 2.29 bits per heavy atom. The molecule has 6 heteroatoms. The first-order valence-corrected chi connectivity index (χ1v) is 4.92. The van der Waals surface area contributed by atoms with Gasteiger partial charge in [0, 0.05) is 17.8 Å². The number of H-pyrrole nitrogens is 1. The van der Waals surface area contributed by atoms with E-state index >= 15 is 0 Å². The van der Waals surface area contributed by atoms with Crippen molar-refractivity contribution >= 4 is 16.8 Å². The van der Waals surface area contributed by atoms with Crippen LogP contribution in [0, 0.1) is 5.82 Å². The third-order valence-electron chi connectivity index (χ3n) is 2.49. The fourth-order valence-corrected chi connectivity index (χ4v) is 1.67. The quantitative estimate of drug-likeness (QED) is 0.690. The van der Waals surface area contributed by atoms with Crippen molar-refractivity contribution in [2.24, 2.45) is 0 Å². The topological polar surface area (TPSA) is 63.6 Å². The minimum Gasteiger partial charge on any atom is -0.272 e. The fraction of sp³-hybridized carbons (Fsp3) is 0. The van der Waals surface area contributed by atoms with Crippen LogP contribution in [-0.4, -0.2) is 25.7 Å². The van der Waals surface area contributed by atoms with E-state index in [0.717, 1.165) is 0 Å². The Bertz CT molecular complexity index is 687. The maximum atomic E-state index is 13.4. The zero-order valence-electron chi connectivity index (χ0n) is 8.59. The van der Waals surface area contributed by atoms with Gasteiger partial charge in [-0.1, -0.05) is 12.1 Å². The number of carbonyl (C=O) groups is 1. The smallest absolute Gasteiger partial charge is 0.272 e. The summed E-state index contributed by atoms with van der Waals surface area (Å²) in [5.74, 6) is -0.779. The SMILES string of the molecule is O=C(c1[nH]nc2c(F)cccc12)n1ccnc1. The van der Waals surface area contributed by atoms with Gasteiger partial charge in [0.2, 0.25) is 0 Å². The number of nitrogens with zero attached hydrogens (tertiary/aromatic N) is 3. The van der Waals surface area contributed by atoms with E-state index < -0.39 is 5.82 Å². The van der Waals surface area contributed by atoms with Gasteiger partial charge in [-0.25, -0.2) is 9.37 Å². The van der Waals surface area contributed by atoms with Crippen LogP contribution in [0.15, 0.2) is 36.9 Å². The predicted molar refractivity (Wildman–Crippen MR) is 58.0 cm³/mol. The maximum Gasteiger partial charge on any atom is 0.281 e. The van der Waals surface area contributed by atoms with Gasteiger partial charge in [0.1, 0.15) is 17.5 Å². The molecule has 0 fully saturated rings. The second kappa shape index (κ2) is 3.51. The van der Waals surface area contributed by atoms with E-state index in [1.807, 2.05) is 0 Å². The molecule has 0 aliphatic carbocycles. The largest absolute Gasteiger partial charge is 0.281 e. The second-order valence-electron chi connectivity index (χ2n) is 3.51. The number of rotatable bonds is 1. The second-order valence-corrected chi connectivity index (χ2v) is 3.51. The summed E-state index contributed by atoms with van der Waals surface area (Å²) in [5.41, 5.74) is 0.411. The number of nitrogens with one attached hydrogen (secondary N) is 1. The molecule has 0 spiro atoms. The molecule has 84 valence electrons. The molecule has 0 radical (unpaired) electrons. The summed E-state index contributed by atoms with van der Waals surface area (Å²) in [5, 5.41) is 6.81. The van der Waals surface area contributed by atoms with Crippen molar-refractivity contribution in [2.75, 3.05) is 0 Å². The molecule has 5 nitrogen and oxygen atoms in total. The summed E-state index contributed by atoms with van der Waals surface area (Å²) >= 11 is 0. The van der Waals surface area contributed by atoms with Gasteiger partial charge in [-0.05, 0) is 6.07 Å². The predicted octanol–water partition coefficient (Wildman–Crippen LogP) is 1.59. The number of aromatic amines is 1. The number of para-hydroxylation sites is 1. The first-order valence-electron chi connectivity index (χ1n) is 4.92. The molecule has 0 amide bonds. The van der Waals surface area contributed by atoms with Crippen LogP contribution in [0.3, 0.4) is 0 Å². The van der Waals surface area contributed by atoms with Gasteiger partial charge < -0.3 is 0 Å². The lowest BCUT2D eigenvalue weighted by Crippen LogP contribution is -2.10. The van der Waals surface area contributed by atoms with E-state index in [1.54, 1.807) is 6.07 Å². The van der Waals surface area contributed by atoms with Crippen molar-refractivity contribution < 1.29 is 9.18 Å². The Kier molecular flexibility index (Phi) is 2.01. The van der Waals surface area contributed by atoms with Gasteiger partial charge >= 0.3 is 0 Å². The van der Waals surface area contributed by atoms with E-state index in [-0.39, 0.29) is 17.1 Å². The normalized spacial score (nSPS) is 10.9. The van der Waals surface area contributed by atoms with Gasteiger partial charge in [0.25, 0.3) is 5.91 Å². The summed E-state index contributed by atoms with van der Waals surface area (Å²) < 4.78 is 14.7. The van der Waals surface area contributed by atoms with Gasteiger partial charge in [0.15, 0.2) is 5.82 Å². The van der Waals surface area contributed by atoms with Gasteiger partial charge in [-0.3, -0.25) is 14.5 Å². The van der Waals surface area contributed by atoms with Crippen molar-refractivity contribution in [1.29, 1.82) is 0 Å². The highest BCUT2D eigenvalue weighted by Gasteiger charge is 2.16. The van der Waals surface area contributed by atoms with Crippen LogP contribution in [0.4, 0.5) is 4.39 Å². The fourth-order valence-electron chi connectivity index (χ4n) is 1.67.